The summed E-state index contributed by atoms with van der Waals surface area (Å²) in [6.45, 7) is 7.89. The molecule has 78 valence electrons. The van der Waals surface area contributed by atoms with Crippen molar-refractivity contribution < 1.29 is 4.74 Å². The van der Waals surface area contributed by atoms with Crippen LogP contribution in [0.1, 0.15) is 39.4 Å². The lowest BCUT2D eigenvalue weighted by molar-refractivity contribution is 0.123. The molecule has 3 nitrogen and oxygen atoms in total. The fourth-order valence-corrected chi connectivity index (χ4v) is 1.05. The van der Waals surface area contributed by atoms with Crippen molar-refractivity contribution in [2.24, 2.45) is 5.73 Å². The van der Waals surface area contributed by atoms with Gasteiger partial charge in [0, 0.05) is 12.1 Å². The molecule has 0 aliphatic carbocycles. The lowest BCUT2D eigenvalue weighted by Gasteiger charge is -2.20. The van der Waals surface area contributed by atoms with E-state index in [0.717, 1.165) is 5.69 Å². The van der Waals surface area contributed by atoms with Crippen molar-refractivity contribution in [1.82, 2.24) is 4.98 Å². The number of nitrogens with zero attached hydrogens (tertiary/aromatic N) is 1. The molecule has 1 atom stereocenters. The molecular formula is C11H18N2O. The Morgan fingerprint density at radius 1 is 1.36 bits per heavy atom. The topological polar surface area (TPSA) is 48.1 Å². The first kappa shape index (κ1) is 11.0. The van der Waals surface area contributed by atoms with Crippen LogP contribution in [0.3, 0.4) is 0 Å². The normalized spacial score (nSPS) is 13.8. The molecule has 1 aromatic heterocycles. The van der Waals surface area contributed by atoms with E-state index in [-0.39, 0.29) is 11.6 Å². The van der Waals surface area contributed by atoms with Gasteiger partial charge in [-0.25, -0.2) is 4.98 Å². The molecule has 0 aliphatic rings. The minimum Gasteiger partial charge on any atom is -0.472 e. The minimum absolute atomic E-state index is 0.0569. The molecule has 0 aliphatic heterocycles. The summed E-state index contributed by atoms with van der Waals surface area (Å²) < 4.78 is 5.63. The maximum atomic E-state index is 5.73. The molecule has 0 saturated carbocycles. The Morgan fingerprint density at radius 3 is 2.50 bits per heavy atom. The molecule has 0 aromatic carbocycles. The van der Waals surface area contributed by atoms with E-state index in [9.17, 15) is 0 Å². The van der Waals surface area contributed by atoms with Gasteiger partial charge in [0.25, 0.3) is 0 Å². The largest absolute Gasteiger partial charge is 0.472 e. The van der Waals surface area contributed by atoms with Crippen LogP contribution in [0.5, 0.6) is 5.88 Å². The standard InChI is InChI=1S/C11H18N2O/c1-8(12)9-6-5-7-10(13-9)14-11(2,3)4/h5-8H,12H2,1-4H3/t8-/m1/s1. The lowest BCUT2D eigenvalue weighted by Crippen LogP contribution is -2.24. The summed E-state index contributed by atoms with van der Waals surface area (Å²) in [7, 11) is 0. The van der Waals surface area contributed by atoms with E-state index in [4.69, 9.17) is 10.5 Å². The molecule has 0 amide bonds. The molecule has 1 heterocycles. The van der Waals surface area contributed by atoms with E-state index in [2.05, 4.69) is 4.98 Å². The van der Waals surface area contributed by atoms with E-state index in [0.29, 0.717) is 5.88 Å². The molecular weight excluding hydrogens is 176 g/mol. The van der Waals surface area contributed by atoms with Crippen molar-refractivity contribution in [1.29, 1.82) is 0 Å². The number of pyridine rings is 1. The number of ether oxygens (including phenoxy) is 1. The van der Waals surface area contributed by atoms with E-state index < -0.39 is 0 Å². The van der Waals surface area contributed by atoms with Crippen LogP contribution in [0.15, 0.2) is 18.2 Å². The number of hydrogen-bond acceptors (Lipinski definition) is 3. The van der Waals surface area contributed by atoms with Crippen LogP contribution >= 0.6 is 0 Å². The van der Waals surface area contributed by atoms with Gasteiger partial charge < -0.3 is 10.5 Å². The monoisotopic (exact) mass is 194 g/mol. The molecule has 0 bridgehead atoms. The quantitative estimate of drug-likeness (QED) is 0.785. The van der Waals surface area contributed by atoms with Crippen molar-refractivity contribution in [2.45, 2.75) is 39.3 Å². The predicted octanol–water partition coefficient (Wildman–Crippen LogP) is 2.28. The van der Waals surface area contributed by atoms with Crippen LogP contribution in [-0.4, -0.2) is 10.6 Å². The van der Waals surface area contributed by atoms with Crippen molar-refractivity contribution >= 4 is 0 Å². The van der Waals surface area contributed by atoms with Crippen molar-refractivity contribution in [3.8, 4) is 5.88 Å². The second-order valence-corrected chi connectivity index (χ2v) is 4.40. The first-order chi connectivity index (χ1) is 6.38. The Kier molecular flexibility index (Phi) is 3.11. The van der Waals surface area contributed by atoms with E-state index in [1.54, 1.807) is 0 Å². The summed E-state index contributed by atoms with van der Waals surface area (Å²) in [6.07, 6.45) is 0. The highest BCUT2D eigenvalue weighted by Crippen LogP contribution is 2.17. The summed E-state index contributed by atoms with van der Waals surface area (Å²) in [5.41, 5.74) is 6.36. The predicted molar refractivity (Wildman–Crippen MR) is 57.2 cm³/mol. The third-order valence-corrected chi connectivity index (χ3v) is 1.62. The highest BCUT2D eigenvalue weighted by molar-refractivity contribution is 5.18. The number of nitrogens with two attached hydrogens (primary N) is 1. The van der Waals surface area contributed by atoms with Gasteiger partial charge in [0.1, 0.15) is 5.60 Å². The molecule has 0 spiro atoms. The zero-order valence-electron chi connectivity index (χ0n) is 9.24. The van der Waals surface area contributed by atoms with Gasteiger partial charge in [0.05, 0.1) is 5.69 Å². The zero-order chi connectivity index (χ0) is 10.8. The summed E-state index contributed by atoms with van der Waals surface area (Å²) in [5.74, 6) is 0.632. The second-order valence-electron chi connectivity index (χ2n) is 4.40. The van der Waals surface area contributed by atoms with Gasteiger partial charge in [0.15, 0.2) is 0 Å². The fraction of sp³-hybridized carbons (Fsp3) is 0.545. The van der Waals surface area contributed by atoms with E-state index in [1.807, 2.05) is 45.9 Å². The maximum absolute atomic E-state index is 5.73. The Balaban J connectivity index is 2.84. The van der Waals surface area contributed by atoms with Crippen LogP contribution in [0.25, 0.3) is 0 Å². The van der Waals surface area contributed by atoms with Crippen molar-refractivity contribution in [3.05, 3.63) is 23.9 Å². The van der Waals surface area contributed by atoms with E-state index in [1.165, 1.54) is 0 Å². The molecule has 0 fully saturated rings. The lowest BCUT2D eigenvalue weighted by atomic mass is 10.2. The maximum Gasteiger partial charge on any atom is 0.214 e. The summed E-state index contributed by atoms with van der Waals surface area (Å²) >= 11 is 0. The molecule has 0 saturated heterocycles. The Labute approximate surface area is 85.3 Å². The highest BCUT2D eigenvalue weighted by Gasteiger charge is 2.13. The Bertz CT molecular complexity index is 302. The zero-order valence-corrected chi connectivity index (χ0v) is 9.24. The van der Waals surface area contributed by atoms with Gasteiger partial charge in [-0.3, -0.25) is 0 Å². The van der Waals surface area contributed by atoms with E-state index >= 15 is 0 Å². The number of rotatable bonds is 2. The molecule has 2 N–H and O–H groups in total. The van der Waals surface area contributed by atoms with Crippen molar-refractivity contribution in [3.63, 3.8) is 0 Å². The molecule has 1 aromatic rings. The van der Waals surface area contributed by atoms with Gasteiger partial charge in [-0.05, 0) is 33.8 Å². The summed E-state index contributed by atoms with van der Waals surface area (Å²) in [4.78, 5) is 4.31. The van der Waals surface area contributed by atoms with Gasteiger partial charge >= 0.3 is 0 Å². The molecule has 3 heteroatoms. The van der Waals surface area contributed by atoms with Crippen LogP contribution in [0.2, 0.25) is 0 Å². The van der Waals surface area contributed by atoms with Gasteiger partial charge in [-0.15, -0.1) is 0 Å². The minimum atomic E-state index is -0.219. The molecule has 0 radical (unpaired) electrons. The second kappa shape index (κ2) is 3.96. The first-order valence-corrected chi connectivity index (χ1v) is 4.80. The molecule has 0 unspecified atom stereocenters. The smallest absolute Gasteiger partial charge is 0.214 e. The number of aromatic nitrogens is 1. The van der Waals surface area contributed by atoms with Gasteiger partial charge in [-0.2, -0.15) is 0 Å². The highest BCUT2D eigenvalue weighted by atomic mass is 16.5. The third kappa shape index (κ3) is 3.34. The average molecular weight is 194 g/mol. The third-order valence-electron chi connectivity index (χ3n) is 1.62. The number of hydrogen-bond donors (Lipinski definition) is 1. The fourth-order valence-electron chi connectivity index (χ4n) is 1.05. The average Bonchev–Trinajstić information content (AvgIpc) is 2.01. The molecule has 1 rings (SSSR count). The van der Waals surface area contributed by atoms with Crippen LogP contribution < -0.4 is 10.5 Å². The molecule has 14 heavy (non-hydrogen) atoms. The first-order valence-electron chi connectivity index (χ1n) is 4.80. The summed E-state index contributed by atoms with van der Waals surface area (Å²) in [5, 5.41) is 0. The van der Waals surface area contributed by atoms with Gasteiger partial charge in [0.2, 0.25) is 5.88 Å². The Morgan fingerprint density at radius 2 is 2.00 bits per heavy atom. The Hall–Kier alpha value is -1.09. The van der Waals surface area contributed by atoms with Crippen LogP contribution in [0.4, 0.5) is 0 Å². The van der Waals surface area contributed by atoms with Crippen LogP contribution in [0, 0.1) is 0 Å². The van der Waals surface area contributed by atoms with Gasteiger partial charge in [-0.1, -0.05) is 6.07 Å². The SMILES string of the molecule is C[C@@H](N)c1cccc(OC(C)(C)C)n1. The van der Waals surface area contributed by atoms with Crippen LogP contribution in [-0.2, 0) is 0 Å². The summed E-state index contributed by atoms with van der Waals surface area (Å²) in [6, 6.07) is 5.60. The van der Waals surface area contributed by atoms with Crippen molar-refractivity contribution in [2.75, 3.05) is 0 Å².